The van der Waals surface area contributed by atoms with E-state index in [1.54, 1.807) is 0 Å². The minimum absolute atomic E-state index is 0.409. The van der Waals surface area contributed by atoms with Gasteiger partial charge in [-0.05, 0) is 26.7 Å². The molecule has 0 spiro atoms. The summed E-state index contributed by atoms with van der Waals surface area (Å²) in [5, 5.41) is 0. The minimum Gasteiger partial charge on any atom is -0.434 e. The number of carbonyl (C=O) groups is 1. The second-order valence-electron chi connectivity index (χ2n) is 5.12. The lowest BCUT2D eigenvalue weighted by atomic mass is 10.0. The molecule has 0 N–H and O–H groups in total. The van der Waals surface area contributed by atoms with Gasteiger partial charge in [0.1, 0.15) is 5.60 Å². The van der Waals surface area contributed by atoms with Crippen LogP contribution in [-0.4, -0.2) is 18.4 Å². The van der Waals surface area contributed by atoms with Crippen molar-refractivity contribution in [2.45, 2.75) is 78.2 Å². The van der Waals surface area contributed by atoms with Gasteiger partial charge in [-0.2, -0.15) is 0 Å². The molecule has 0 amide bonds. The normalized spacial score (nSPS) is 11.3. The Hall–Kier alpha value is -0.730. The molecule has 0 saturated carbocycles. The zero-order chi connectivity index (χ0) is 13.1. The average Bonchev–Trinajstić information content (AvgIpc) is 2.22. The van der Waals surface area contributed by atoms with Gasteiger partial charge in [-0.3, -0.25) is 0 Å². The van der Waals surface area contributed by atoms with Crippen molar-refractivity contribution in [3.05, 3.63) is 0 Å². The molecule has 102 valence electrons. The van der Waals surface area contributed by atoms with E-state index in [0.717, 1.165) is 25.7 Å². The van der Waals surface area contributed by atoms with E-state index in [1.165, 1.54) is 19.3 Å². The summed E-state index contributed by atoms with van der Waals surface area (Å²) in [7, 11) is 0. The molecule has 0 aromatic heterocycles. The molecule has 0 atom stereocenters. The summed E-state index contributed by atoms with van der Waals surface area (Å²) < 4.78 is 10.3. The predicted octanol–water partition coefficient (Wildman–Crippen LogP) is 4.69. The standard InChI is InChI=1S/C14H28O3/c1-5-7-8-9-10-12-16-13(15)17-14(3,4)11-6-2/h5-12H2,1-4H3. The maximum Gasteiger partial charge on any atom is 0.508 e. The van der Waals surface area contributed by atoms with Gasteiger partial charge < -0.3 is 9.47 Å². The monoisotopic (exact) mass is 244 g/mol. The van der Waals surface area contributed by atoms with Crippen LogP contribution in [0.4, 0.5) is 4.79 Å². The molecule has 0 aliphatic heterocycles. The fourth-order valence-electron chi connectivity index (χ4n) is 1.77. The van der Waals surface area contributed by atoms with E-state index in [0.29, 0.717) is 6.61 Å². The zero-order valence-corrected chi connectivity index (χ0v) is 11.9. The molecule has 0 aliphatic carbocycles. The Bertz CT molecular complexity index is 200. The Kier molecular flexibility index (Phi) is 8.92. The highest BCUT2D eigenvalue weighted by Gasteiger charge is 2.22. The first-order valence-electron chi connectivity index (χ1n) is 6.87. The first-order valence-corrected chi connectivity index (χ1v) is 6.87. The summed E-state index contributed by atoms with van der Waals surface area (Å²) >= 11 is 0. The van der Waals surface area contributed by atoms with Gasteiger partial charge in [0.2, 0.25) is 0 Å². The summed E-state index contributed by atoms with van der Waals surface area (Å²) in [6.07, 6.45) is 7.09. The number of ether oxygens (including phenoxy) is 2. The number of unbranched alkanes of at least 4 members (excludes halogenated alkanes) is 4. The number of hydrogen-bond donors (Lipinski definition) is 0. The minimum atomic E-state index is -0.529. The molecule has 0 heterocycles. The summed E-state index contributed by atoms with van der Waals surface area (Å²) in [6.45, 7) is 8.57. The van der Waals surface area contributed by atoms with Crippen LogP contribution < -0.4 is 0 Å². The van der Waals surface area contributed by atoms with Gasteiger partial charge in [0.15, 0.2) is 0 Å². The Balaban J connectivity index is 3.52. The highest BCUT2D eigenvalue weighted by atomic mass is 16.7. The fourth-order valence-corrected chi connectivity index (χ4v) is 1.77. The van der Waals surface area contributed by atoms with E-state index in [2.05, 4.69) is 13.8 Å². The highest BCUT2D eigenvalue weighted by Crippen LogP contribution is 2.17. The molecule has 0 unspecified atom stereocenters. The molecular weight excluding hydrogens is 216 g/mol. The van der Waals surface area contributed by atoms with Gasteiger partial charge in [-0.1, -0.05) is 46.0 Å². The van der Waals surface area contributed by atoms with Crippen molar-refractivity contribution in [2.75, 3.05) is 6.61 Å². The Morgan fingerprint density at radius 2 is 1.65 bits per heavy atom. The first kappa shape index (κ1) is 16.3. The van der Waals surface area contributed by atoms with E-state index in [1.807, 2.05) is 13.8 Å². The van der Waals surface area contributed by atoms with E-state index < -0.39 is 11.8 Å². The molecular formula is C14H28O3. The third-order valence-electron chi connectivity index (χ3n) is 2.68. The van der Waals surface area contributed by atoms with Gasteiger partial charge in [0.05, 0.1) is 6.61 Å². The lowest BCUT2D eigenvalue weighted by Crippen LogP contribution is -2.28. The first-order chi connectivity index (χ1) is 8.02. The van der Waals surface area contributed by atoms with Gasteiger partial charge >= 0.3 is 6.16 Å². The van der Waals surface area contributed by atoms with Crippen molar-refractivity contribution >= 4 is 6.16 Å². The molecule has 3 heteroatoms. The van der Waals surface area contributed by atoms with Crippen LogP contribution in [0.2, 0.25) is 0 Å². The fraction of sp³-hybridized carbons (Fsp3) is 0.929. The van der Waals surface area contributed by atoms with E-state index in [4.69, 9.17) is 9.47 Å². The van der Waals surface area contributed by atoms with E-state index in [9.17, 15) is 4.79 Å². The third kappa shape index (κ3) is 10.2. The summed E-state index contributed by atoms with van der Waals surface area (Å²) in [5.74, 6) is 0. The van der Waals surface area contributed by atoms with Crippen LogP contribution in [0.3, 0.4) is 0 Å². The molecule has 0 aromatic rings. The Morgan fingerprint density at radius 3 is 2.24 bits per heavy atom. The van der Waals surface area contributed by atoms with Crippen molar-refractivity contribution in [2.24, 2.45) is 0 Å². The Labute approximate surface area is 106 Å². The van der Waals surface area contributed by atoms with Crippen LogP contribution in [0, 0.1) is 0 Å². The quantitative estimate of drug-likeness (QED) is 0.436. The smallest absolute Gasteiger partial charge is 0.434 e. The molecule has 0 aromatic carbocycles. The maximum atomic E-state index is 11.4. The third-order valence-corrected chi connectivity index (χ3v) is 2.68. The largest absolute Gasteiger partial charge is 0.508 e. The topological polar surface area (TPSA) is 35.5 Å². The summed E-state index contributed by atoms with van der Waals surface area (Å²) in [5.41, 5.74) is -0.409. The summed E-state index contributed by atoms with van der Waals surface area (Å²) in [6, 6.07) is 0. The van der Waals surface area contributed by atoms with Crippen molar-refractivity contribution in [3.8, 4) is 0 Å². The molecule has 0 bridgehead atoms. The lowest BCUT2D eigenvalue weighted by molar-refractivity contribution is -0.0210. The van der Waals surface area contributed by atoms with Gasteiger partial charge in [0, 0.05) is 0 Å². The Morgan fingerprint density at radius 1 is 1.00 bits per heavy atom. The molecule has 0 fully saturated rings. The molecule has 0 rings (SSSR count). The number of rotatable bonds is 9. The van der Waals surface area contributed by atoms with Crippen molar-refractivity contribution < 1.29 is 14.3 Å². The molecule has 0 saturated heterocycles. The molecule has 0 aliphatic rings. The van der Waals surface area contributed by atoms with Crippen LogP contribution in [0.1, 0.15) is 72.6 Å². The van der Waals surface area contributed by atoms with Crippen LogP contribution in [0.25, 0.3) is 0 Å². The van der Waals surface area contributed by atoms with Crippen molar-refractivity contribution in [1.82, 2.24) is 0 Å². The molecule has 3 nitrogen and oxygen atoms in total. The summed E-state index contributed by atoms with van der Waals surface area (Å²) in [4.78, 5) is 11.4. The van der Waals surface area contributed by atoms with Gasteiger partial charge in [0.25, 0.3) is 0 Å². The zero-order valence-electron chi connectivity index (χ0n) is 11.9. The SMILES string of the molecule is CCCCCCCOC(=O)OC(C)(C)CCC. The van der Waals surface area contributed by atoms with Crippen LogP contribution >= 0.6 is 0 Å². The number of carbonyl (C=O) groups excluding carboxylic acids is 1. The van der Waals surface area contributed by atoms with Crippen LogP contribution in [0.5, 0.6) is 0 Å². The lowest BCUT2D eigenvalue weighted by Gasteiger charge is -2.23. The van der Waals surface area contributed by atoms with Crippen LogP contribution in [-0.2, 0) is 9.47 Å². The molecule has 0 radical (unpaired) electrons. The average molecular weight is 244 g/mol. The number of hydrogen-bond acceptors (Lipinski definition) is 3. The van der Waals surface area contributed by atoms with Gasteiger partial charge in [-0.15, -0.1) is 0 Å². The van der Waals surface area contributed by atoms with Gasteiger partial charge in [-0.25, -0.2) is 4.79 Å². The van der Waals surface area contributed by atoms with Crippen molar-refractivity contribution in [1.29, 1.82) is 0 Å². The second kappa shape index (κ2) is 9.32. The highest BCUT2D eigenvalue weighted by molar-refractivity contribution is 5.60. The van der Waals surface area contributed by atoms with Crippen molar-refractivity contribution in [3.63, 3.8) is 0 Å². The molecule has 17 heavy (non-hydrogen) atoms. The van der Waals surface area contributed by atoms with Crippen LogP contribution in [0.15, 0.2) is 0 Å². The maximum absolute atomic E-state index is 11.4. The second-order valence-corrected chi connectivity index (χ2v) is 5.12. The van der Waals surface area contributed by atoms with E-state index in [-0.39, 0.29) is 0 Å². The predicted molar refractivity (Wildman–Crippen MR) is 70.2 cm³/mol. The van der Waals surface area contributed by atoms with E-state index >= 15 is 0 Å².